The predicted octanol–water partition coefficient (Wildman–Crippen LogP) is 5.80. The molecule has 2 aromatic carbocycles. The molecule has 1 aromatic heterocycles. The van der Waals surface area contributed by atoms with Crippen LogP contribution in [0.25, 0.3) is 10.6 Å². The van der Waals surface area contributed by atoms with E-state index in [4.69, 9.17) is 9.84 Å². The molecule has 1 heterocycles. The number of carboxylic acid groups (broad SMARTS) is 1. The minimum absolute atomic E-state index is 0.0362. The molecule has 1 atom stereocenters. The fraction of sp³-hybridized carbons (Fsp3) is 0.273. The van der Waals surface area contributed by atoms with Gasteiger partial charge in [-0.1, -0.05) is 12.1 Å². The highest BCUT2D eigenvalue weighted by atomic mass is 32.1. The zero-order valence-electron chi connectivity index (χ0n) is 17.1. The quantitative estimate of drug-likeness (QED) is 0.493. The van der Waals surface area contributed by atoms with Crippen LogP contribution in [0.1, 0.15) is 29.0 Å². The van der Waals surface area contributed by atoms with Crippen LogP contribution in [0.2, 0.25) is 0 Å². The summed E-state index contributed by atoms with van der Waals surface area (Å²) in [5.74, 6) is -0.530. The van der Waals surface area contributed by atoms with Gasteiger partial charge in [-0.05, 0) is 49.7 Å². The Labute approximate surface area is 181 Å². The maximum Gasteiger partial charge on any atom is 0.416 e. The predicted molar refractivity (Wildman–Crippen MR) is 114 cm³/mol. The van der Waals surface area contributed by atoms with E-state index in [9.17, 15) is 18.0 Å². The average Bonchev–Trinajstić information content (AvgIpc) is 3.21. The van der Waals surface area contributed by atoms with Gasteiger partial charge in [0.2, 0.25) is 0 Å². The summed E-state index contributed by atoms with van der Waals surface area (Å²) >= 11 is 1.43. The Morgan fingerprint density at radius 2 is 1.90 bits per heavy atom. The van der Waals surface area contributed by atoms with Crippen molar-refractivity contribution in [2.45, 2.75) is 26.1 Å². The number of halogens is 3. The van der Waals surface area contributed by atoms with Crippen LogP contribution in [0.3, 0.4) is 0 Å². The Morgan fingerprint density at radius 1 is 1.23 bits per heavy atom. The fourth-order valence-electron chi connectivity index (χ4n) is 2.98. The number of thiazole rings is 1. The van der Waals surface area contributed by atoms with Crippen molar-refractivity contribution in [3.8, 4) is 16.3 Å². The van der Waals surface area contributed by atoms with Crippen molar-refractivity contribution in [3.63, 3.8) is 0 Å². The third kappa shape index (κ3) is 5.35. The zero-order chi connectivity index (χ0) is 22.8. The zero-order valence-corrected chi connectivity index (χ0v) is 17.9. The van der Waals surface area contributed by atoms with E-state index in [1.165, 1.54) is 23.5 Å². The van der Waals surface area contributed by atoms with Crippen LogP contribution < -0.4 is 9.64 Å². The van der Waals surface area contributed by atoms with E-state index in [1.807, 2.05) is 37.9 Å². The molecule has 0 radical (unpaired) electrons. The van der Waals surface area contributed by atoms with Crippen LogP contribution in [0.4, 0.5) is 18.9 Å². The Kier molecular flexibility index (Phi) is 6.54. The second kappa shape index (κ2) is 8.97. The molecule has 0 saturated heterocycles. The molecule has 0 aliphatic heterocycles. The third-order valence-corrected chi connectivity index (χ3v) is 6.11. The van der Waals surface area contributed by atoms with Crippen LogP contribution in [0.5, 0.6) is 5.75 Å². The number of ether oxygens (including phenoxy) is 1. The summed E-state index contributed by atoms with van der Waals surface area (Å²) in [5.41, 5.74) is 1.67. The molecule has 3 aromatic rings. The summed E-state index contributed by atoms with van der Waals surface area (Å²) in [6.45, 7) is 3.45. The molecule has 0 saturated carbocycles. The standard InChI is InChI=1S/C22H21F3N2O3S/c1-13-10-17(8-9-18(13)30-12-20(28)29)27(3)14(2)19-11-26-21(31-19)15-4-6-16(7-5-15)22(23,24)25/h4-11,14H,12H2,1-3H3,(H,28,29)/t14-/m1/s1. The summed E-state index contributed by atoms with van der Waals surface area (Å²) in [5, 5.41) is 9.40. The summed E-state index contributed by atoms with van der Waals surface area (Å²) in [4.78, 5) is 18.1. The number of hydrogen-bond acceptors (Lipinski definition) is 5. The largest absolute Gasteiger partial charge is 0.482 e. The summed E-state index contributed by atoms with van der Waals surface area (Å²) in [7, 11) is 1.93. The SMILES string of the molecule is Cc1cc(N(C)[C@H](C)c2cnc(-c3ccc(C(F)(F)F)cc3)s2)ccc1OCC(=O)O. The maximum atomic E-state index is 12.8. The van der Waals surface area contributed by atoms with Crippen LogP contribution in [-0.2, 0) is 11.0 Å². The van der Waals surface area contributed by atoms with Gasteiger partial charge in [-0.25, -0.2) is 9.78 Å². The molecule has 164 valence electrons. The van der Waals surface area contributed by atoms with Gasteiger partial charge in [0.25, 0.3) is 0 Å². The van der Waals surface area contributed by atoms with Crippen LogP contribution in [-0.4, -0.2) is 29.7 Å². The summed E-state index contributed by atoms with van der Waals surface area (Å²) in [6, 6.07) is 10.4. The highest BCUT2D eigenvalue weighted by Gasteiger charge is 2.30. The molecule has 0 fully saturated rings. The maximum absolute atomic E-state index is 12.8. The number of benzene rings is 2. The highest BCUT2D eigenvalue weighted by molar-refractivity contribution is 7.15. The van der Waals surface area contributed by atoms with Crippen molar-refractivity contribution in [3.05, 3.63) is 64.7 Å². The van der Waals surface area contributed by atoms with Crippen molar-refractivity contribution in [1.82, 2.24) is 4.98 Å². The fourth-order valence-corrected chi connectivity index (χ4v) is 4.00. The minimum Gasteiger partial charge on any atom is -0.482 e. The van der Waals surface area contributed by atoms with Gasteiger partial charge < -0.3 is 14.7 Å². The van der Waals surface area contributed by atoms with E-state index in [0.29, 0.717) is 16.3 Å². The lowest BCUT2D eigenvalue weighted by Crippen LogP contribution is -2.21. The van der Waals surface area contributed by atoms with E-state index in [1.54, 1.807) is 12.3 Å². The van der Waals surface area contributed by atoms with Gasteiger partial charge in [-0.3, -0.25) is 0 Å². The number of hydrogen-bond donors (Lipinski definition) is 1. The number of carbonyl (C=O) groups is 1. The molecule has 31 heavy (non-hydrogen) atoms. The van der Waals surface area contributed by atoms with Gasteiger partial charge in [-0.15, -0.1) is 11.3 Å². The van der Waals surface area contributed by atoms with Crippen molar-refractivity contribution in [1.29, 1.82) is 0 Å². The number of aromatic nitrogens is 1. The lowest BCUT2D eigenvalue weighted by Gasteiger charge is -2.26. The minimum atomic E-state index is -4.36. The van der Waals surface area contributed by atoms with Gasteiger partial charge >= 0.3 is 12.1 Å². The van der Waals surface area contributed by atoms with Crippen molar-refractivity contribution in [2.24, 2.45) is 0 Å². The number of rotatable bonds is 7. The van der Waals surface area contributed by atoms with E-state index < -0.39 is 24.3 Å². The molecule has 1 N–H and O–H groups in total. The van der Waals surface area contributed by atoms with Crippen molar-refractivity contribution >= 4 is 23.0 Å². The number of carboxylic acids is 1. The van der Waals surface area contributed by atoms with E-state index in [2.05, 4.69) is 4.98 Å². The van der Waals surface area contributed by atoms with Gasteiger partial charge in [-0.2, -0.15) is 13.2 Å². The third-order valence-electron chi connectivity index (χ3n) is 4.89. The lowest BCUT2D eigenvalue weighted by atomic mass is 10.1. The highest BCUT2D eigenvalue weighted by Crippen LogP contribution is 2.36. The van der Waals surface area contributed by atoms with Crippen molar-refractivity contribution in [2.75, 3.05) is 18.6 Å². The topological polar surface area (TPSA) is 62.7 Å². The molecule has 9 heteroatoms. The molecule has 0 aliphatic carbocycles. The van der Waals surface area contributed by atoms with E-state index >= 15 is 0 Å². The summed E-state index contributed by atoms with van der Waals surface area (Å²) in [6.07, 6.45) is -2.63. The number of anilines is 1. The first-order valence-electron chi connectivity index (χ1n) is 9.37. The molecule has 0 amide bonds. The van der Waals surface area contributed by atoms with Crippen LogP contribution in [0, 0.1) is 6.92 Å². The number of alkyl halides is 3. The smallest absolute Gasteiger partial charge is 0.416 e. The molecular weight excluding hydrogens is 429 g/mol. The second-order valence-corrected chi connectivity index (χ2v) is 8.12. The van der Waals surface area contributed by atoms with E-state index in [-0.39, 0.29) is 6.04 Å². The monoisotopic (exact) mass is 450 g/mol. The molecule has 0 aliphatic rings. The van der Waals surface area contributed by atoms with E-state index in [0.717, 1.165) is 28.3 Å². The Balaban J connectivity index is 1.75. The van der Waals surface area contributed by atoms with Gasteiger partial charge in [0, 0.05) is 29.4 Å². The number of nitrogens with zero attached hydrogens (tertiary/aromatic N) is 2. The molecule has 5 nitrogen and oxygen atoms in total. The lowest BCUT2D eigenvalue weighted by molar-refractivity contribution is -0.139. The van der Waals surface area contributed by atoms with Crippen LogP contribution >= 0.6 is 11.3 Å². The summed E-state index contributed by atoms with van der Waals surface area (Å²) < 4.78 is 43.5. The normalized spacial score (nSPS) is 12.5. The molecule has 0 unspecified atom stereocenters. The Hall–Kier alpha value is -3.07. The molecule has 0 bridgehead atoms. The van der Waals surface area contributed by atoms with Gasteiger partial charge in [0.05, 0.1) is 11.6 Å². The molecular formula is C22H21F3N2O3S. The van der Waals surface area contributed by atoms with Gasteiger partial charge in [0.1, 0.15) is 10.8 Å². The number of aliphatic carboxylic acids is 1. The first kappa shape index (κ1) is 22.6. The second-order valence-electron chi connectivity index (χ2n) is 7.06. The first-order valence-corrected chi connectivity index (χ1v) is 10.2. The average molecular weight is 450 g/mol. The molecule has 0 spiro atoms. The Morgan fingerprint density at radius 3 is 2.48 bits per heavy atom. The first-order chi connectivity index (χ1) is 14.6. The van der Waals surface area contributed by atoms with Gasteiger partial charge in [0.15, 0.2) is 6.61 Å². The molecule has 3 rings (SSSR count). The van der Waals surface area contributed by atoms with Crippen molar-refractivity contribution < 1.29 is 27.8 Å². The number of aryl methyl sites for hydroxylation is 1. The van der Waals surface area contributed by atoms with Crippen LogP contribution in [0.15, 0.2) is 48.7 Å². The Bertz CT molecular complexity index is 1060.